The molecule has 1 aliphatic rings. The molecule has 1 aliphatic heterocycles. The fourth-order valence-electron chi connectivity index (χ4n) is 6.35. The number of allylic oxidation sites excluding steroid dienone is 1. The van der Waals surface area contributed by atoms with Gasteiger partial charge in [0, 0.05) is 37.3 Å². The molecule has 7 aromatic rings. The zero-order valence-electron chi connectivity index (χ0n) is 27.1. The van der Waals surface area contributed by atoms with Gasteiger partial charge in [0.25, 0.3) is 0 Å². The first kappa shape index (κ1) is 31.7. The van der Waals surface area contributed by atoms with E-state index in [-0.39, 0.29) is 31.1 Å². The minimum Gasteiger partial charge on any atom is -0.501 e. The quantitative estimate of drug-likeness (QED) is 0.168. The first-order chi connectivity index (χ1) is 21.6. The summed E-state index contributed by atoms with van der Waals surface area (Å²) < 4.78 is 8.45. The van der Waals surface area contributed by atoms with Crippen LogP contribution in [-0.2, 0) is 32.1 Å². The number of imidazole rings is 1. The van der Waals surface area contributed by atoms with Gasteiger partial charge < -0.3 is 14.0 Å². The second-order valence-corrected chi connectivity index (χ2v) is 13.7. The molecule has 0 bridgehead atoms. The van der Waals surface area contributed by atoms with Gasteiger partial charge in [0.1, 0.15) is 5.58 Å². The maximum absolute atomic E-state index is 6.11. The second kappa shape index (κ2) is 12.1. The molecule has 4 heterocycles. The Morgan fingerprint density at radius 2 is 1.70 bits per heavy atom. The van der Waals surface area contributed by atoms with Crippen molar-refractivity contribution in [3.05, 3.63) is 126 Å². The van der Waals surface area contributed by atoms with Crippen LogP contribution in [0, 0.1) is 24.5 Å². The topological polar surface area (TPSA) is 43.9 Å². The van der Waals surface area contributed by atoms with Crippen molar-refractivity contribution in [1.82, 2.24) is 14.5 Å². The number of furan rings is 1. The Labute approximate surface area is 284 Å². The van der Waals surface area contributed by atoms with E-state index in [1.165, 1.54) is 22.2 Å². The van der Waals surface area contributed by atoms with E-state index in [2.05, 4.69) is 118 Å². The van der Waals surface area contributed by atoms with Gasteiger partial charge in [0.2, 0.25) is 0 Å². The number of hydrogen-bond acceptors (Lipinski definition) is 3. The standard InChI is InChI=1S/C22H20NO.C19H17N2.Ir/c1-22(2,3)14-15-11-12-23-19(13-15)18-9-6-8-17-16-7-4-5-10-20(16)24-21(17)18;1-13-9-10-16-17-15(13)11-12-19(2,3)21(17)18(20-16)14-7-5-4-6-8-14;/h4-8,10-13H,14H2,1-3H3;4-7,9-12H,1-3H3;/q2*-1;. The van der Waals surface area contributed by atoms with Crippen LogP contribution in [-0.4, -0.2) is 14.5 Å². The van der Waals surface area contributed by atoms with E-state index < -0.39 is 0 Å². The molecule has 0 atom stereocenters. The van der Waals surface area contributed by atoms with Crippen molar-refractivity contribution in [2.75, 3.05) is 0 Å². The van der Waals surface area contributed by atoms with Gasteiger partial charge in [-0.25, -0.2) is 0 Å². The van der Waals surface area contributed by atoms with Crippen LogP contribution < -0.4 is 0 Å². The van der Waals surface area contributed by atoms with Crippen LogP contribution in [0.4, 0.5) is 0 Å². The minimum absolute atomic E-state index is 0. The molecule has 3 aromatic heterocycles. The Balaban J connectivity index is 0.000000159. The summed E-state index contributed by atoms with van der Waals surface area (Å²) >= 11 is 0. The van der Waals surface area contributed by atoms with Crippen molar-refractivity contribution in [1.29, 1.82) is 0 Å². The van der Waals surface area contributed by atoms with Gasteiger partial charge in [-0.3, -0.25) is 4.98 Å². The number of aryl methyl sites for hydroxylation is 1. The smallest absolute Gasteiger partial charge is 0.120 e. The van der Waals surface area contributed by atoms with E-state index in [1.54, 1.807) is 0 Å². The van der Waals surface area contributed by atoms with Gasteiger partial charge in [-0.2, -0.15) is 0 Å². The molecule has 4 nitrogen and oxygen atoms in total. The average molecular weight is 780 g/mol. The number of para-hydroxylation sites is 1. The number of pyridine rings is 1. The third-order valence-electron chi connectivity index (χ3n) is 8.41. The van der Waals surface area contributed by atoms with E-state index in [1.807, 2.05) is 48.7 Å². The van der Waals surface area contributed by atoms with E-state index >= 15 is 0 Å². The van der Waals surface area contributed by atoms with E-state index in [0.717, 1.165) is 56.5 Å². The Morgan fingerprint density at radius 3 is 2.48 bits per heavy atom. The Hall–Kier alpha value is -4.31. The summed E-state index contributed by atoms with van der Waals surface area (Å²) in [4.78, 5) is 9.45. The summed E-state index contributed by atoms with van der Waals surface area (Å²) in [5, 5.41) is 2.25. The maximum atomic E-state index is 6.11. The van der Waals surface area contributed by atoms with Crippen LogP contribution in [0.15, 0.2) is 102 Å². The molecule has 233 valence electrons. The van der Waals surface area contributed by atoms with Gasteiger partial charge in [0.05, 0.1) is 28.0 Å². The summed E-state index contributed by atoms with van der Waals surface area (Å²) in [7, 11) is 0. The molecule has 46 heavy (non-hydrogen) atoms. The minimum atomic E-state index is -0.0887. The number of benzene rings is 4. The number of nitrogens with zero attached hydrogens (tertiary/aromatic N) is 3. The molecule has 0 spiro atoms. The Kier molecular flexibility index (Phi) is 8.35. The monoisotopic (exact) mass is 780 g/mol. The molecule has 5 heteroatoms. The molecule has 0 saturated heterocycles. The van der Waals surface area contributed by atoms with Crippen molar-refractivity contribution in [3.8, 4) is 22.6 Å². The second-order valence-electron chi connectivity index (χ2n) is 13.7. The predicted octanol–water partition coefficient (Wildman–Crippen LogP) is 10.6. The molecule has 0 aliphatic carbocycles. The normalized spacial score (nSPS) is 13.4. The SMILES string of the molecule is CC(C)(C)Cc1ccnc(-c2[c-]ccc3c2oc2ccccc23)c1.Cc1ccc2nc(-c3[c-]cccc3)n3c2c1C=CC3(C)C.[Ir]. The first-order valence-electron chi connectivity index (χ1n) is 15.6. The Bertz CT molecular complexity index is 2210. The largest absolute Gasteiger partial charge is 0.501 e. The molecule has 0 fully saturated rings. The van der Waals surface area contributed by atoms with E-state index in [4.69, 9.17) is 9.40 Å². The van der Waals surface area contributed by atoms with Crippen LogP contribution >= 0.6 is 0 Å². The van der Waals surface area contributed by atoms with Gasteiger partial charge in [-0.05, 0) is 62.1 Å². The zero-order valence-corrected chi connectivity index (χ0v) is 29.5. The first-order valence-corrected chi connectivity index (χ1v) is 15.6. The van der Waals surface area contributed by atoms with Crippen molar-refractivity contribution in [3.63, 3.8) is 0 Å². The van der Waals surface area contributed by atoms with Crippen molar-refractivity contribution < 1.29 is 24.5 Å². The van der Waals surface area contributed by atoms with Crippen molar-refractivity contribution in [2.24, 2.45) is 5.41 Å². The zero-order chi connectivity index (χ0) is 31.3. The third kappa shape index (κ3) is 5.86. The molecule has 0 saturated carbocycles. The number of aromatic nitrogens is 3. The van der Waals surface area contributed by atoms with E-state index in [0.29, 0.717) is 0 Å². The fraction of sp³-hybridized carbons (Fsp3) is 0.220. The summed E-state index contributed by atoms with van der Waals surface area (Å²) in [5.41, 5.74) is 11.0. The third-order valence-corrected chi connectivity index (χ3v) is 8.41. The fourth-order valence-corrected chi connectivity index (χ4v) is 6.35. The molecular weight excluding hydrogens is 743 g/mol. The van der Waals surface area contributed by atoms with E-state index in [9.17, 15) is 0 Å². The molecule has 1 radical (unpaired) electrons. The van der Waals surface area contributed by atoms with Crippen LogP contribution in [0.5, 0.6) is 0 Å². The number of hydrogen-bond donors (Lipinski definition) is 0. The van der Waals surface area contributed by atoms with Crippen LogP contribution in [0.1, 0.15) is 51.3 Å². The van der Waals surface area contributed by atoms with Crippen molar-refractivity contribution >= 4 is 39.0 Å². The summed E-state index contributed by atoms with van der Waals surface area (Å²) in [5.74, 6) is 0.992. The summed E-state index contributed by atoms with van der Waals surface area (Å²) in [6.07, 6.45) is 7.39. The molecule has 0 amide bonds. The predicted molar refractivity (Wildman–Crippen MR) is 186 cm³/mol. The Morgan fingerprint density at radius 1 is 0.891 bits per heavy atom. The molecule has 0 unspecified atom stereocenters. The average Bonchev–Trinajstić information content (AvgIpc) is 3.60. The van der Waals surface area contributed by atoms with Gasteiger partial charge in [-0.15, -0.1) is 54.1 Å². The molecule has 0 N–H and O–H groups in total. The maximum Gasteiger partial charge on any atom is 0.120 e. The summed E-state index contributed by atoms with van der Waals surface area (Å²) in [6.45, 7) is 13.4. The van der Waals surface area contributed by atoms with Crippen molar-refractivity contribution in [2.45, 2.75) is 53.5 Å². The molecule has 8 rings (SSSR count). The number of fused-ring (bicyclic) bond motifs is 3. The molecular formula is C41H37IrN3O-2. The number of rotatable bonds is 3. The summed E-state index contributed by atoms with van der Waals surface area (Å²) in [6, 6.07) is 35.3. The van der Waals surface area contributed by atoms with Gasteiger partial charge >= 0.3 is 0 Å². The van der Waals surface area contributed by atoms with Crippen LogP contribution in [0.25, 0.3) is 61.7 Å². The molecule has 4 aromatic carbocycles. The van der Waals surface area contributed by atoms with Crippen LogP contribution in [0.3, 0.4) is 0 Å². The van der Waals surface area contributed by atoms with Gasteiger partial charge in [-0.1, -0.05) is 79.8 Å². The van der Waals surface area contributed by atoms with Gasteiger partial charge in [0.15, 0.2) is 0 Å². The van der Waals surface area contributed by atoms with Crippen LogP contribution in [0.2, 0.25) is 0 Å².